The molecular formula is C19H18F2N4O3S. The van der Waals surface area contributed by atoms with Gasteiger partial charge in [0, 0.05) is 25.5 Å². The number of anilines is 1. The number of sulfonamides is 1. The molecule has 1 amide bonds. The highest BCUT2D eigenvalue weighted by atomic mass is 32.2. The lowest BCUT2D eigenvalue weighted by Gasteiger charge is -2.10. The molecule has 2 aromatic carbocycles. The average Bonchev–Trinajstić information content (AvgIpc) is 3.20. The van der Waals surface area contributed by atoms with E-state index in [1.807, 2.05) is 0 Å². The van der Waals surface area contributed by atoms with Crippen LogP contribution >= 0.6 is 0 Å². The molecule has 10 heteroatoms. The van der Waals surface area contributed by atoms with Crippen molar-refractivity contribution in [2.75, 3.05) is 11.9 Å². The molecule has 152 valence electrons. The molecule has 0 saturated heterocycles. The van der Waals surface area contributed by atoms with E-state index < -0.39 is 27.6 Å². The molecule has 0 saturated carbocycles. The number of aryl methyl sites for hydroxylation is 1. The topological polar surface area (TPSA) is 93.1 Å². The summed E-state index contributed by atoms with van der Waals surface area (Å²) in [5.74, 6) is -2.53. The molecule has 0 fully saturated rings. The lowest BCUT2D eigenvalue weighted by atomic mass is 10.2. The van der Waals surface area contributed by atoms with Crippen LogP contribution in [0.3, 0.4) is 0 Å². The minimum atomic E-state index is -3.92. The first kappa shape index (κ1) is 20.6. The summed E-state index contributed by atoms with van der Waals surface area (Å²) in [5, 5.41) is 2.24. The molecule has 1 aromatic heterocycles. The molecule has 2 N–H and O–H groups in total. The van der Waals surface area contributed by atoms with Gasteiger partial charge in [-0.2, -0.15) is 0 Å². The van der Waals surface area contributed by atoms with Crippen molar-refractivity contribution in [2.45, 2.75) is 17.9 Å². The number of halogens is 2. The Hall–Kier alpha value is -3.11. The van der Waals surface area contributed by atoms with Crippen molar-refractivity contribution < 1.29 is 22.0 Å². The summed E-state index contributed by atoms with van der Waals surface area (Å²) in [7, 11) is -3.92. The van der Waals surface area contributed by atoms with E-state index in [1.165, 1.54) is 18.2 Å². The maximum absolute atomic E-state index is 14.3. The Morgan fingerprint density at radius 3 is 2.59 bits per heavy atom. The van der Waals surface area contributed by atoms with E-state index in [-0.39, 0.29) is 22.7 Å². The van der Waals surface area contributed by atoms with E-state index in [2.05, 4.69) is 15.0 Å². The predicted octanol–water partition coefficient (Wildman–Crippen LogP) is 2.78. The van der Waals surface area contributed by atoms with E-state index in [1.54, 1.807) is 23.3 Å². The van der Waals surface area contributed by atoms with Crippen molar-refractivity contribution in [1.82, 2.24) is 14.3 Å². The fourth-order valence-electron chi connectivity index (χ4n) is 2.57. The molecule has 0 bridgehead atoms. The van der Waals surface area contributed by atoms with E-state index in [0.717, 1.165) is 24.3 Å². The second-order valence-corrected chi connectivity index (χ2v) is 7.89. The number of hydrogen-bond acceptors (Lipinski definition) is 4. The van der Waals surface area contributed by atoms with Gasteiger partial charge in [0.1, 0.15) is 11.6 Å². The molecule has 3 aromatic rings. The third-order valence-electron chi connectivity index (χ3n) is 4.06. The molecule has 7 nitrogen and oxygen atoms in total. The summed E-state index contributed by atoms with van der Waals surface area (Å²) in [4.78, 5) is 15.7. The van der Waals surface area contributed by atoms with Gasteiger partial charge in [0.05, 0.1) is 22.5 Å². The first-order chi connectivity index (χ1) is 13.9. The summed E-state index contributed by atoms with van der Waals surface area (Å²) in [6.45, 7) is 0.742. The van der Waals surface area contributed by atoms with Crippen LogP contribution in [0.25, 0.3) is 0 Å². The van der Waals surface area contributed by atoms with Gasteiger partial charge in [0.15, 0.2) is 0 Å². The average molecular weight is 420 g/mol. The SMILES string of the molecule is O=C(Nc1ccc(S(=O)(=O)NCCCn2ccnc2)cc1F)c1ccccc1F. The number of benzene rings is 2. The monoisotopic (exact) mass is 420 g/mol. The molecule has 0 aliphatic rings. The molecule has 0 spiro atoms. The molecule has 3 rings (SSSR count). The zero-order chi connectivity index (χ0) is 20.9. The molecule has 0 atom stereocenters. The zero-order valence-corrected chi connectivity index (χ0v) is 16.0. The number of carbonyl (C=O) groups is 1. The minimum Gasteiger partial charge on any atom is -0.337 e. The van der Waals surface area contributed by atoms with Crippen molar-refractivity contribution in [3.63, 3.8) is 0 Å². The minimum absolute atomic E-state index is 0.161. The van der Waals surface area contributed by atoms with Gasteiger partial charge in [-0.1, -0.05) is 12.1 Å². The van der Waals surface area contributed by atoms with Gasteiger partial charge < -0.3 is 9.88 Å². The summed E-state index contributed by atoms with van der Waals surface area (Å²) in [6.07, 6.45) is 5.53. The smallest absolute Gasteiger partial charge is 0.258 e. The lowest BCUT2D eigenvalue weighted by molar-refractivity contribution is 0.102. The van der Waals surface area contributed by atoms with Crippen molar-refractivity contribution in [1.29, 1.82) is 0 Å². The zero-order valence-electron chi connectivity index (χ0n) is 15.2. The first-order valence-corrected chi connectivity index (χ1v) is 10.2. The number of carbonyl (C=O) groups excluding carboxylic acids is 1. The van der Waals surface area contributed by atoms with Gasteiger partial charge in [0.25, 0.3) is 5.91 Å². The fraction of sp³-hybridized carbons (Fsp3) is 0.158. The number of hydrogen-bond donors (Lipinski definition) is 2. The molecule has 1 heterocycles. The second kappa shape index (κ2) is 8.93. The van der Waals surface area contributed by atoms with Crippen LogP contribution in [0.4, 0.5) is 14.5 Å². The first-order valence-electron chi connectivity index (χ1n) is 8.67. The normalized spacial score (nSPS) is 11.4. The fourth-order valence-corrected chi connectivity index (χ4v) is 3.66. The molecule has 0 radical (unpaired) electrons. The Morgan fingerprint density at radius 2 is 1.90 bits per heavy atom. The van der Waals surface area contributed by atoms with E-state index >= 15 is 0 Å². The van der Waals surface area contributed by atoms with Gasteiger partial charge in [-0.25, -0.2) is 26.9 Å². The summed E-state index contributed by atoms with van der Waals surface area (Å²) in [6, 6.07) is 8.35. The van der Waals surface area contributed by atoms with Crippen LogP contribution in [0, 0.1) is 11.6 Å². The maximum atomic E-state index is 14.3. The van der Waals surface area contributed by atoms with Crippen LogP contribution in [0.15, 0.2) is 66.1 Å². The second-order valence-electron chi connectivity index (χ2n) is 6.13. The van der Waals surface area contributed by atoms with Gasteiger partial charge in [-0.15, -0.1) is 0 Å². The van der Waals surface area contributed by atoms with Crippen molar-refractivity contribution in [3.05, 3.63) is 78.4 Å². The number of aromatic nitrogens is 2. The van der Waals surface area contributed by atoms with Gasteiger partial charge in [0.2, 0.25) is 10.0 Å². The number of nitrogens with zero attached hydrogens (tertiary/aromatic N) is 2. The Balaban J connectivity index is 1.63. The van der Waals surface area contributed by atoms with Gasteiger partial charge >= 0.3 is 0 Å². The highest BCUT2D eigenvalue weighted by Gasteiger charge is 2.18. The third kappa shape index (κ3) is 5.24. The van der Waals surface area contributed by atoms with Gasteiger partial charge in [-0.05, 0) is 36.8 Å². The van der Waals surface area contributed by atoms with Crippen LogP contribution in [-0.4, -0.2) is 30.4 Å². The van der Waals surface area contributed by atoms with E-state index in [9.17, 15) is 22.0 Å². The number of imidazole rings is 1. The summed E-state index contributed by atoms with van der Waals surface area (Å²) < 4.78 is 56.8. The molecule has 0 aliphatic heterocycles. The van der Waals surface area contributed by atoms with Crippen molar-refractivity contribution >= 4 is 21.6 Å². The molecule has 0 unspecified atom stereocenters. The molecule has 0 aliphatic carbocycles. The highest BCUT2D eigenvalue weighted by molar-refractivity contribution is 7.89. The van der Waals surface area contributed by atoms with E-state index in [0.29, 0.717) is 13.0 Å². The van der Waals surface area contributed by atoms with Crippen LogP contribution in [-0.2, 0) is 16.6 Å². The Labute approximate surface area is 166 Å². The molecular weight excluding hydrogens is 402 g/mol. The van der Waals surface area contributed by atoms with Crippen molar-refractivity contribution in [3.8, 4) is 0 Å². The standard InChI is InChI=1S/C19H18F2N4O3S/c20-16-5-2-1-4-15(16)19(26)24-18-7-6-14(12-17(18)21)29(27,28)23-8-3-10-25-11-9-22-13-25/h1-2,4-7,9,11-13,23H,3,8,10H2,(H,24,26). The highest BCUT2D eigenvalue weighted by Crippen LogP contribution is 2.20. The van der Waals surface area contributed by atoms with Crippen LogP contribution in [0.1, 0.15) is 16.8 Å². The Morgan fingerprint density at radius 1 is 1.10 bits per heavy atom. The number of amides is 1. The Bertz CT molecular complexity index is 1100. The lowest BCUT2D eigenvalue weighted by Crippen LogP contribution is -2.25. The number of nitrogens with one attached hydrogen (secondary N) is 2. The Kier molecular flexibility index (Phi) is 6.35. The number of rotatable bonds is 8. The van der Waals surface area contributed by atoms with Crippen LogP contribution < -0.4 is 10.0 Å². The summed E-state index contributed by atoms with van der Waals surface area (Å²) in [5.41, 5.74) is -0.500. The quantitative estimate of drug-likeness (QED) is 0.548. The largest absolute Gasteiger partial charge is 0.337 e. The van der Waals surface area contributed by atoms with Crippen molar-refractivity contribution in [2.24, 2.45) is 0 Å². The predicted molar refractivity (Wildman–Crippen MR) is 103 cm³/mol. The summed E-state index contributed by atoms with van der Waals surface area (Å²) >= 11 is 0. The van der Waals surface area contributed by atoms with Crippen LogP contribution in [0.2, 0.25) is 0 Å². The van der Waals surface area contributed by atoms with Gasteiger partial charge in [-0.3, -0.25) is 4.79 Å². The van der Waals surface area contributed by atoms with E-state index in [4.69, 9.17) is 0 Å². The third-order valence-corrected chi connectivity index (χ3v) is 5.52. The molecule has 29 heavy (non-hydrogen) atoms. The maximum Gasteiger partial charge on any atom is 0.258 e. The van der Waals surface area contributed by atoms with Crippen LogP contribution in [0.5, 0.6) is 0 Å².